The van der Waals surface area contributed by atoms with Gasteiger partial charge in [-0.3, -0.25) is 9.59 Å². The van der Waals surface area contributed by atoms with Gasteiger partial charge in [-0.2, -0.15) is 0 Å². The fraction of sp³-hybridized carbons (Fsp3) is 0.438. The lowest BCUT2D eigenvalue weighted by molar-refractivity contribution is -0.174. The molecule has 38 heavy (non-hydrogen) atoms. The van der Waals surface area contributed by atoms with Gasteiger partial charge in [-0.05, 0) is 54.4 Å². The van der Waals surface area contributed by atoms with Crippen molar-refractivity contribution >= 4 is 20.3 Å². The highest BCUT2D eigenvalue weighted by Crippen LogP contribution is 2.48. The number of rotatable bonds is 11. The number of carbonyl (C=O) groups excluding carboxylic acids is 2. The van der Waals surface area contributed by atoms with Gasteiger partial charge >= 0.3 is 11.9 Å². The smallest absolute Gasteiger partial charge is 0.324 e. The minimum absolute atomic E-state index is 0.0207. The van der Waals surface area contributed by atoms with Crippen molar-refractivity contribution in [1.82, 2.24) is 0 Å². The molecule has 0 amide bonds. The predicted octanol–water partition coefficient (Wildman–Crippen LogP) is 7.39. The van der Waals surface area contributed by atoms with Gasteiger partial charge in [0.1, 0.15) is 13.2 Å². The van der Waals surface area contributed by atoms with E-state index < -0.39 is 25.7 Å². The number of allylic oxidation sites excluding steroid dienone is 2. The molecule has 5 nitrogen and oxygen atoms in total. The van der Waals surface area contributed by atoms with Crippen molar-refractivity contribution in [3.8, 4) is 0 Å². The van der Waals surface area contributed by atoms with E-state index in [4.69, 9.17) is 13.9 Å². The summed E-state index contributed by atoms with van der Waals surface area (Å²) >= 11 is 0. The van der Waals surface area contributed by atoms with Crippen LogP contribution in [0.5, 0.6) is 0 Å². The molecule has 0 aromatic heterocycles. The largest absolute Gasteiger partial charge is 0.460 e. The second kappa shape index (κ2) is 12.7. The standard InChI is InChI=1S/C32H42O5Si/c1-25-21-32(29(33)35-23-26-15-9-7-10-16-26,30(34)36-24-27-17-11-8-12-18-27)22-28(25)19-13-14-20-37-38(5,6)31(2,3)4/h7-18,28H,1,19-24H2,2-6H3/b14-13+. The lowest BCUT2D eigenvalue weighted by Crippen LogP contribution is -2.40. The monoisotopic (exact) mass is 534 g/mol. The molecule has 0 saturated heterocycles. The van der Waals surface area contributed by atoms with Gasteiger partial charge in [0.05, 0.1) is 6.61 Å². The zero-order chi connectivity index (χ0) is 27.8. The molecule has 0 bridgehead atoms. The number of carbonyl (C=O) groups is 2. The average Bonchev–Trinajstić information content (AvgIpc) is 3.23. The normalized spacial score (nSPS) is 17.5. The maximum atomic E-state index is 13.5. The average molecular weight is 535 g/mol. The molecule has 0 heterocycles. The highest BCUT2D eigenvalue weighted by molar-refractivity contribution is 6.74. The summed E-state index contributed by atoms with van der Waals surface area (Å²) in [4.78, 5) is 26.9. The van der Waals surface area contributed by atoms with Crippen molar-refractivity contribution in [2.24, 2.45) is 11.3 Å². The molecule has 0 spiro atoms. The van der Waals surface area contributed by atoms with Gasteiger partial charge in [-0.25, -0.2) is 0 Å². The number of hydrogen-bond acceptors (Lipinski definition) is 5. The molecular weight excluding hydrogens is 492 g/mol. The summed E-state index contributed by atoms with van der Waals surface area (Å²) < 4.78 is 17.6. The summed E-state index contributed by atoms with van der Waals surface area (Å²) in [5, 5.41) is 0.153. The van der Waals surface area contributed by atoms with Crippen LogP contribution in [0.4, 0.5) is 0 Å². The van der Waals surface area contributed by atoms with Crippen molar-refractivity contribution < 1.29 is 23.5 Å². The van der Waals surface area contributed by atoms with Crippen LogP contribution in [-0.2, 0) is 36.7 Å². The third-order valence-electron chi connectivity index (χ3n) is 7.84. The van der Waals surface area contributed by atoms with Crippen LogP contribution in [0.2, 0.25) is 18.1 Å². The lowest BCUT2D eigenvalue weighted by atomic mass is 9.84. The van der Waals surface area contributed by atoms with E-state index in [9.17, 15) is 9.59 Å². The quantitative estimate of drug-likeness (QED) is 0.130. The van der Waals surface area contributed by atoms with Gasteiger partial charge in [0.15, 0.2) is 13.7 Å². The maximum Gasteiger partial charge on any atom is 0.324 e. The first-order valence-electron chi connectivity index (χ1n) is 13.3. The third-order valence-corrected chi connectivity index (χ3v) is 12.3. The van der Waals surface area contributed by atoms with Gasteiger partial charge in [0.25, 0.3) is 0 Å². The van der Waals surface area contributed by atoms with Crippen LogP contribution in [0.15, 0.2) is 85.0 Å². The molecule has 6 heteroatoms. The summed E-state index contributed by atoms with van der Waals surface area (Å²) in [5.74, 6) is -1.12. The van der Waals surface area contributed by atoms with Crippen molar-refractivity contribution in [3.05, 3.63) is 96.1 Å². The van der Waals surface area contributed by atoms with Gasteiger partial charge in [-0.15, -0.1) is 0 Å². The zero-order valence-electron chi connectivity index (χ0n) is 23.5. The first kappa shape index (κ1) is 29.6. The van der Waals surface area contributed by atoms with Gasteiger partial charge in [0, 0.05) is 0 Å². The molecule has 1 atom stereocenters. The Morgan fingerprint density at radius 2 is 1.42 bits per heavy atom. The van der Waals surface area contributed by atoms with Crippen molar-refractivity contribution in [2.75, 3.05) is 6.61 Å². The van der Waals surface area contributed by atoms with Crippen LogP contribution in [-0.4, -0.2) is 26.9 Å². The molecule has 2 aromatic carbocycles. The summed E-state index contributed by atoms with van der Waals surface area (Å²) in [6.45, 7) is 16.1. The molecule has 0 N–H and O–H groups in total. The molecule has 2 aromatic rings. The van der Waals surface area contributed by atoms with E-state index in [-0.39, 0.29) is 30.6 Å². The molecule has 1 unspecified atom stereocenters. The molecule has 1 aliphatic carbocycles. The van der Waals surface area contributed by atoms with Crippen molar-refractivity contribution in [3.63, 3.8) is 0 Å². The Labute approximate surface area is 229 Å². The molecule has 1 saturated carbocycles. The zero-order valence-corrected chi connectivity index (χ0v) is 24.5. The molecule has 0 aliphatic heterocycles. The Hall–Kier alpha value is -2.96. The summed E-state index contributed by atoms with van der Waals surface area (Å²) in [6.07, 6.45) is 5.34. The second-order valence-corrected chi connectivity index (χ2v) is 16.5. The topological polar surface area (TPSA) is 61.8 Å². The Morgan fingerprint density at radius 1 is 0.921 bits per heavy atom. The molecule has 3 rings (SSSR count). The van der Waals surface area contributed by atoms with E-state index in [1.165, 1.54) is 0 Å². The number of hydrogen-bond donors (Lipinski definition) is 0. The third kappa shape index (κ3) is 7.55. The first-order valence-corrected chi connectivity index (χ1v) is 16.2. The fourth-order valence-electron chi connectivity index (χ4n) is 4.34. The first-order chi connectivity index (χ1) is 17.9. The SMILES string of the molecule is C=C1CC(C(=O)OCc2ccccc2)(C(=O)OCc2ccccc2)CC1C/C=C/CO[Si](C)(C)C(C)(C)C. The van der Waals surface area contributed by atoms with E-state index in [1.807, 2.05) is 66.7 Å². The Bertz CT molecular complexity index is 1060. The minimum atomic E-state index is -1.82. The van der Waals surface area contributed by atoms with Gasteiger partial charge in [-0.1, -0.05) is 106 Å². The van der Waals surface area contributed by atoms with E-state index in [2.05, 4.69) is 46.5 Å². The maximum absolute atomic E-state index is 13.5. The van der Waals surface area contributed by atoms with E-state index >= 15 is 0 Å². The van der Waals surface area contributed by atoms with Crippen LogP contribution in [0.25, 0.3) is 0 Å². The van der Waals surface area contributed by atoms with Crippen LogP contribution >= 0.6 is 0 Å². The second-order valence-electron chi connectivity index (χ2n) is 11.7. The molecule has 1 aliphatic rings. The predicted molar refractivity (Wildman–Crippen MR) is 154 cm³/mol. The minimum Gasteiger partial charge on any atom is -0.460 e. The highest BCUT2D eigenvalue weighted by atomic mass is 28.4. The van der Waals surface area contributed by atoms with Crippen LogP contribution in [0.1, 0.15) is 51.2 Å². The van der Waals surface area contributed by atoms with E-state index in [0.717, 1.165) is 16.7 Å². The Kier molecular flexibility index (Phi) is 9.91. The molecular formula is C32H42O5Si. The highest BCUT2D eigenvalue weighted by Gasteiger charge is 2.55. The molecule has 0 radical (unpaired) electrons. The number of esters is 2. The van der Waals surface area contributed by atoms with Gasteiger partial charge in [0.2, 0.25) is 0 Å². The van der Waals surface area contributed by atoms with Crippen molar-refractivity contribution in [1.29, 1.82) is 0 Å². The molecule has 204 valence electrons. The van der Waals surface area contributed by atoms with Crippen LogP contribution in [0.3, 0.4) is 0 Å². The summed E-state index contributed by atoms with van der Waals surface area (Å²) in [5.41, 5.74) is 1.21. The van der Waals surface area contributed by atoms with Crippen LogP contribution in [0, 0.1) is 11.3 Å². The molecule has 1 fully saturated rings. The van der Waals surface area contributed by atoms with Gasteiger partial charge < -0.3 is 13.9 Å². The van der Waals surface area contributed by atoms with Crippen molar-refractivity contribution in [2.45, 2.75) is 71.4 Å². The van der Waals surface area contributed by atoms with E-state index in [0.29, 0.717) is 19.4 Å². The Morgan fingerprint density at radius 3 is 1.89 bits per heavy atom. The number of ether oxygens (including phenoxy) is 2. The Balaban J connectivity index is 1.68. The fourth-order valence-corrected chi connectivity index (χ4v) is 5.28. The lowest BCUT2D eigenvalue weighted by Gasteiger charge is -2.35. The summed E-state index contributed by atoms with van der Waals surface area (Å²) in [7, 11) is -1.82. The summed E-state index contributed by atoms with van der Waals surface area (Å²) in [6, 6.07) is 18.9. The van der Waals surface area contributed by atoms with E-state index in [1.54, 1.807) is 0 Å². The van der Waals surface area contributed by atoms with Crippen LogP contribution < -0.4 is 0 Å². The number of benzene rings is 2.